The van der Waals surface area contributed by atoms with Crippen LogP contribution in [0, 0.1) is 5.92 Å². The first kappa shape index (κ1) is 18.4. The Kier molecular flexibility index (Phi) is 5.95. The number of hydrogen-bond acceptors (Lipinski definition) is 6. The topological polar surface area (TPSA) is 88.2 Å². The van der Waals surface area contributed by atoms with E-state index in [1.807, 2.05) is 0 Å². The monoisotopic (exact) mass is 367 g/mol. The van der Waals surface area contributed by atoms with Gasteiger partial charge in [-0.25, -0.2) is 13.4 Å². The molecule has 0 unspecified atom stereocenters. The van der Waals surface area contributed by atoms with Crippen LogP contribution in [-0.4, -0.2) is 32.1 Å². The van der Waals surface area contributed by atoms with Crippen molar-refractivity contribution < 1.29 is 13.2 Å². The molecule has 130 valence electrons. The summed E-state index contributed by atoms with van der Waals surface area (Å²) in [5.74, 6) is 0.347. The first-order valence-corrected chi connectivity index (χ1v) is 10.3. The molecule has 8 heteroatoms. The molecule has 0 aliphatic rings. The number of amides is 1. The van der Waals surface area contributed by atoms with Gasteiger partial charge in [-0.3, -0.25) is 4.79 Å². The zero-order valence-corrected chi connectivity index (χ0v) is 15.5. The molecule has 0 radical (unpaired) electrons. The summed E-state index contributed by atoms with van der Waals surface area (Å²) in [5.41, 5.74) is 1.09. The summed E-state index contributed by atoms with van der Waals surface area (Å²) in [6, 6.07) is 6.40. The van der Waals surface area contributed by atoms with Crippen molar-refractivity contribution in [2.45, 2.75) is 25.2 Å². The molecule has 1 amide bonds. The maximum Gasteiger partial charge on any atom is 0.270 e. The highest BCUT2D eigenvalue weighted by molar-refractivity contribution is 7.90. The third-order valence-electron chi connectivity index (χ3n) is 3.28. The number of sulfone groups is 1. The average Bonchev–Trinajstić information content (AvgIpc) is 2.95. The van der Waals surface area contributed by atoms with Crippen LogP contribution in [0.2, 0.25) is 0 Å². The minimum absolute atomic E-state index is 0.188. The Morgan fingerprint density at radius 2 is 1.92 bits per heavy atom. The molecule has 0 aliphatic heterocycles. The zero-order chi connectivity index (χ0) is 17.7. The molecule has 24 heavy (non-hydrogen) atoms. The Hall–Kier alpha value is -1.93. The van der Waals surface area contributed by atoms with E-state index in [1.54, 1.807) is 17.5 Å². The molecule has 0 fully saturated rings. The van der Waals surface area contributed by atoms with Crippen LogP contribution in [0.5, 0.6) is 0 Å². The molecule has 2 aromatic rings. The highest BCUT2D eigenvalue weighted by Crippen LogP contribution is 2.22. The highest BCUT2D eigenvalue weighted by Gasteiger charge is 2.11. The molecule has 0 spiro atoms. The smallest absolute Gasteiger partial charge is 0.270 e. The van der Waals surface area contributed by atoms with Crippen LogP contribution in [0.1, 0.15) is 30.8 Å². The van der Waals surface area contributed by atoms with Gasteiger partial charge < -0.3 is 10.6 Å². The third-order valence-corrected chi connectivity index (χ3v) is 5.16. The molecule has 1 heterocycles. The van der Waals surface area contributed by atoms with E-state index >= 15 is 0 Å². The minimum Gasteiger partial charge on any atom is -0.351 e. The molecule has 1 aromatic heterocycles. The van der Waals surface area contributed by atoms with Crippen LogP contribution in [0.25, 0.3) is 0 Å². The molecular formula is C16H21N3O3S2. The molecule has 6 nitrogen and oxygen atoms in total. The van der Waals surface area contributed by atoms with Crippen molar-refractivity contribution in [2.24, 2.45) is 5.92 Å². The van der Waals surface area contributed by atoms with E-state index in [4.69, 9.17) is 0 Å². The number of carbonyl (C=O) groups is 1. The van der Waals surface area contributed by atoms with Crippen LogP contribution >= 0.6 is 11.3 Å². The van der Waals surface area contributed by atoms with Crippen molar-refractivity contribution >= 4 is 37.9 Å². The molecule has 2 N–H and O–H groups in total. The van der Waals surface area contributed by atoms with Crippen LogP contribution in [0.4, 0.5) is 10.8 Å². The molecule has 0 saturated heterocycles. The van der Waals surface area contributed by atoms with Gasteiger partial charge in [-0.1, -0.05) is 13.8 Å². The quantitative estimate of drug-likeness (QED) is 0.785. The molecule has 0 bridgehead atoms. The van der Waals surface area contributed by atoms with Gasteiger partial charge in [0.1, 0.15) is 5.69 Å². The maximum absolute atomic E-state index is 12.0. The van der Waals surface area contributed by atoms with E-state index < -0.39 is 9.84 Å². The molecule has 2 rings (SSSR count). The molecule has 0 aliphatic carbocycles. The summed E-state index contributed by atoms with van der Waals surface area (Å²) in [5, 5.41) is 8.18. The van der Waals surface area contributed by atoms with E-state index in [1.165, 1.54) is 29.7 Å². The van der Waals surface area contributed by atoms with Gasteiger partial charge in [0, 0.05) is 23.9 Å². The lowest BCUT2D eigenvalue weighted by molar-refractivity contribution is 0.0948. The average molecular weight is 367 g/mol. The Morgan fingerprint density at radius 1 is 1.25 bits per heavy atom. The summed E-state index contributed by atoms with van der Waals surface area (Å²) in [6.07, 6.45) is 2.09. The van der Waals surface area contributed by atoms with Crippen molar-refractivity contribution in [3.05, 3.63) is 35.3 Å². The Balaban J connectivity index is 1.97. The fraction of sp³-hybridized carbons (Fsp3) is 0.375. The number of benzene rings is 1. The van der Waals surface area contributed by atoms with Crippen molar-refractivity contribution in [3.63, 3.8) is 0 Å². The lowest BCUT2D eigenvalue weighted by Crippen LogP contribution is -2.25. The molecule has 1 aromatic carbocycles. The normalized spacial score (nSPS) is 11.5. The number of thiazole rings is 1. The van der Waals surface area contributed by atoms with Gasteiger partial charge in [-0.15, -0.1) is 11.3 Å². The third kappa shape index (κ3) is 5.31. The number of nitrogens with zero attached hydrogens (tertiary/aromatic N) is 1. The first-order valence-electron chi connectivity index (χ1n) is 7.56. The second-order valence-corrected chi connectivity index (χ2v) is 8.77. The van der Waals surface area contributed by atoms with Crippen LogP contribution in [-0.2, 0) is 9.84 Å². The summed E-state index contributed by atoms with van der Waals surface area (Å²) < 4.78 is 22.9. The number of rotatable bonds is 7. The fourth-order valence-corrected chi connectivity index (χ4v) is 3.25. The lowest BCUT2D eigenvalue weighted by Gasteiger charge is -2.05. The Labute approximate surface area is 146 Å². The van der Waals surface area contributed by atoms with Gasteiger partial charge in [-0.2, -0.15) is 0 Å². The van der Waals surface area contributed by atoms with Crippen molar-refractivity contribution in [3.8, 4) is 0 Å². The SMILES string of the molecule is CC(C)CCNC(=O)c1csc(Nc2ccc(S(C)(=O)=O)cc2)n1. The van der Waals surface area contributed by atoms with Gasteiger partial charge in [0.05, 0.1) is 4.90 Å². The lowest BCUT2D eigenvalue weighted by atomic mass is 10.1. The van der Waals surface area contributed by atoms with Gasteiger partial charge in [0.2, 0.25) is 0 Å². The molecular weight excluding hydrogens is 346 g/mol. The maximum atomic E-state index is 12.0. The van der Waals surface area contributed by atoms with Crippen LogP contribution < -0.4 is 10.6 Å². The van der Waals surface area contributed by atoms with Gasteiger partial charge in [0.25, 0.3) is 5.91 Å². The van der Waals surface area contributed by atoms with Crippen molar-refractivity contribution in [1.82, 2.24) is 10.3 Å². The van der Waals surface area contributed by atoms with Gasteiger partial charge in [0.15, 0.2) is 15.0 Å². The number of nitrogens with one attached hydrogen (secondary N) is 2. The molecule has 0 saturated carbocycles. The summed E-state index contributed by atoms with van der Waals surface area (Å²) in [6.45, 7) is 4.84. The number of anilines is 2. The number of hydrogen-bond donors (Lipinski definition) is 2. The van der Waals surface area contributed by atoms with Crippen LogP contribution in [0.3, 0.4) is 0 Å². The van der Waals surface area contributed by atoms with E-state index in [-0.39, 0.29) is 10.8 Å². The van der Waals surface area contributed by atoms with Crippen molar-refractivity contribution in [2.75, 3.05) is 18.1 Å². The minimum atomic E-state index is -3.21. The molecule has 0 atom stereocenters. The predicted molar refractivity (Wildman–Crippen MR) is 96.7 cm³/mol. The Morgan fingerprint density at radius 3 is 2.50 bits per heavy atom. The van der Waals surface area contributed by atoms with E-state index in [2.05, 4.69) is 29.5 Å². The van der Waals surface area contributed by atoms with E-state index in [0.717, 1.165) is 6.42 Å². The van der Waals surface area contributed by atoms with Crippen LogP contribution in [0.15, 0.2) is 34.5 Å². The highest BCUT2D eigenvalue weighted by atomic mass is 32.2. The number of aromatic nitrogens is 1. The van der Waals surface area contributed by atoms with Gasteiger partial charge in [-0.05, 0) is 36.6 Å². The fourth-order valence-electron chi connectivity index (χ4n) is 1.91. The standard InChI is InChI=1S/C16H21N3O3S2/c1-11(2)8-9-17-15(20)14-10-23-16(19-14)18-12-4-6-13(7-5-12)24(3,21)22/h4-7,10-11H,8-9H2,1-3H3,(H,17,20)(H,18,19). The van der Waals surface area contributed by atoms with E-state index in [0.29, 0.717) is 29.0 Å². The van der Waals surface area contributed by atoms with Crippen molar-refractivity contribution in [1.29, 1.82) is 0 Å². The largest absolute Gasteiger partial charge is 0.351 e. The Bertz CT molecular complexity index is 796. The summed E-state index contributed by atoms with van der Waals surface area (Å²) >= 11 is 1.32. The second kappa shape index (κ2) is 7.76. The first-order chi connectivity index (χ1) is 11.3. The second-order valence-electron chi connectivity index (χ2n) is 5.90. The summed E-state index contributed by atoms with van der Waals surface area (Å²) in [4.78, 5) is 16.5. The zero-order valence-electron chi connectivity index (χ0n) is 13.9. The van der Waals surface area contributed by atoms with Gasteiger partial charge >= 0.3 is 0 Å². The number of carbonyl (C=O) groups excluding carboxylic acids is 1. The summed E-state index contributed by atoms with van der Waals surface area (Å²) in [7, 11) is -3.21. The predicted octanol–water partition coefficient (Wildman–Crippen LogP) is 3.07. The van der Waals surface area contributed by atoms with E-state index in [9.17, 15) is 13.2 Å².